The summed E-state index contributed by atoms with van der Waals surface area (Å²) in [5, 5.41) is 12.7. The Labute approximate surface area is 144 Å². The highest BCUT2D eigenvalue weighted by Crippen LogP contribution is 2.29. The molecular weight excluding hydrogens is 322 g/mol. The Morgan fingerprint density at radius 2 is 2.08 bits per heavy atom. The summed E-state index contributed by atoms with van der Waals surface area (Å²) in [6.07, 6.45) is 0. The monoisotopic (exact) mass is 341 g/mol. The van der Waals surface area contributed by atoms with Crippen LogP contribution < -0.4 is 11.0 Å². The van der Waals surface area contributed by atoms with E-state index in [0.29, 0.717) is 22.8 Å². The van der Waals surface area contributed by atoms with Crippen LogP contribution >= 0.6 is 11.3 Å². The first-order valence-corrected chi connectivity index (χ1v) is 8.81. The molecule has 0 atom stereocenters. The first-order valence-electron chi connectivity index (χ1n) is 8.00. The van der Waals surface area contributed by atoms with Crippen LogP contribution in [0.15, 0.2) is 29.1 Å². The van der Waals surface area contributed by atoms with Crippen LogP contribution in [-0.2, 0) is 0 Å². The summed E-state index contributed by atoms with van der Waals surface area (Å²) >= 11 is 1.44. The number of nitriles is 1. The van der Waals surface area contributed by atoms with Crippen molar-refractivity contribution < 1.29 is 0 Å². The Kier molecular flexibility index (Phi) is 4.79. The van der Waals surface area contributed by atoms with Gasteiger partial charge in [-0.2, -0.15) is 10.2 Å². The van der Waals surface area contributed by atoms with Gasteiger partial charge in [0.05, 0.1) is 10.2 Å². The van der Waals surface area contributed by atoms with Gasteiger partial charge in [0.15, 0.2) is 5.82 Å². The molecule has 3 aromatic rings. The first-order chi connectivity index (χ1) is 11.7. The van der Waals surface area contributed by atoms with Gasteiger partial charge in [0, 0.05) is 13.1 Å². The number of anilines is 1. The second kappa shape index (κ2) is 6.99. The van der Waals surface area contributed by atoms with Gasteiger partial charge in [0.1, 0.15) is 16.5 Å². The molecule has 0 radical (unpaired) electrons. The fourth-order valence-corrected chi connectivity index (χ4v) is 3.87. The van der Waals surface area contributed by atoms with Gasteiger partial charge in [0.2, 0.25) is 0 Å². The fraction of sp³-hybridized carbons (Fsp3) is 0.353. The van der Waals surface area contributed by atoms with E-state index in [1.54, 1.807) is 0 Å². The third kappa shape index (κ3) is 2.86. The van der Waals surface area contributed by atoms with Crippen LogP contribution in [0.25, 0.3) is 15.0 Å². The minimum Gasteiger partial charge on any atom is -0.367 e. The Bertz CT molecular complexity index is 965. The van der Waals surface area contributed by atoms with E-state index in [1.807, 2.05) is 24.3 Å². The summed E-state index contributed by atoms with van der Waals surface area (Å²) in [6.45, 7) is 7.63. The number of aromatic nitrogens is 2. The number of benzene rings is 1. The van der Waals surface area contributed by atoms with E-state index in [2.05, 4.69) is 35.1 Å². The van der Waals surface area contributed by atoms with Gasteiger partial charge in [-0.15, -0.1) is 11.3 Å². The molecule has 1 N–H and O–H groups in total. The summed E-state index contributed by atoms with van der Waals surface area (Å²) in [4.78, 5) is 19.5. The minimum atomic E-state index is -0.355. The molecule has 0 aliphatic carbocycles. The lowest BCUT2D eigenvalue weighted by Crippen LogP contribution is -2.29. The smallest absolute Gasteiger partial charge is 0.355 e. The first kappa shape index (κ1) is 16.4. The van der Waals surface area contributed by atoms with E-state index in [-0.39, 0.29) is 5.69 Å². The van der Waals surface area contributed by atoms with Crippen molar-refractivity contribution in [3.05, 3.63) is 40.3 Å². The molecule has 0 amide bonds. The highest BCUT2D eigenvalue weighted by Gasteiger charge is 2.16. The third-order valence-electron chi connectivity index (χ3n) is 4.09. The van der Waals surface area contributed by atoms with Crippen molar-refractivity contribution in [2.75, 3.05) is 31.5 Å². The molecule has 0 fully saturated rings. The van der Waals surface area contributed by atoms with Gasteiger partial charge in [-0.25, -0.2) is 9.20 Å². The van der Waals surface area contributed by atoms with E-state index < -0.39 is 0 Å². The van der Waals surface area contributed by atoms with Crippen molar-refractivity contribution in [1.82, 2.24) is 14.3 Å². The van der Waals surface area contributed by atoms with E-state index in [9.17, 15) is 10.1 Å². The van der Waals surface area contributed by atoms with Crippen molar-refractivity contribution in [1.29, 1.82) is 5.26 Å². The zero-order valence-electron chi connectivity index (χ0n) is 13.7. The highest BCUT2D eigenvalue weighted by atomic mass is 32.1. The maximum Gasteiger partial charge on any atom is 0.355 e. The molecule has 24 heavy (non-hydrogen) atoms. The Morgan fingerprint density at radius 1 is 1.33 bits per heavy atom. The maximum absolute atomic E-state index is 12.5. The summed E-state index contributed by atoms with van der Waals surface area (Å²) in [5.41, 5.74) is 0.864. The predicted octanol–water partition coefficient (Wildman–Crippen LogP) is 2.53. The number of nitrogens with one attached hydrogen (secondary N) is 1. The molecule has 7 heteroatoms. The number of nitrogens with zero attached hydrogens (tertiary/aromatic N) is 4. The zero-order valence-corrected chi connectivity index (χ0v) is 14.6. The normalized spacial score (nSPS) is 11.2. The van der Waals surface area contributed by atoms with Crippen molar-refractivity contribution in [3.8, 4) is 6.07 Å². The van der Waals surface area contributed by atoms with Gasteiger partial charge < -0.3 is 10.2 Å². The second-order valence-electron chi connectivity index (χ2n) is 5.39. The van der Waals surface area contributed by atoms with Gasteiger partial charge in [-0.1, -0.05) is 26.0 Å². The van der Waals surface area contributed by atoms with E-state index in [0.717, 1.165) is 29.9 Å². The number of rotatable bonds is 6. The quantitative estimate of drug-likeness (QED) is 0.746. The molecule has 0 bridgehead atoms. The lowest BCUT2D eigenvalue weighted by atomic mass is 10.3. The lowest BCUT2D eigenvalue weighted by Gasteiger charge is -2.18. The maximum atomic E-state index is 12.5. The average Bonchev–Trinajstić information content (AvgIpc) is 2.98. The van der Waals surface area contributed by atoms with Crippen molar-refractivity contribution in [2.24, 2.45) is 0 Å². The Balaban J connectivity index is 2.02. The summed E-state index contributed by atoms with van der Waals surface area (Å²) < 4.78 is 2.49. The van der Waals surface area contributed by atoms with Gasteiger partial charge in [0.25, 0.3) is 0 Å². The molecule has 124 valence electrons. The molecule has 2 aromatic heterocycles. The van der Waals surface area contributed by atoms with Gasteiger partial charge in [-0.3, -0.25) is 0 Å². The fourth-order valence-electron chi connectivity index (χ4n) is 2.74. The van der Waals surface area contributed by atoms with Crippen molar-refractivity contribution in [3.63, 3.8) is 0 Å². The van der Waals surface area contributed by atoms with Crippen LogP contribution in [0.2, 0.25) is 0 Å². The minimum absolute atomic E-state index is 0.355. The number of hydrogen-bond donors (Lipinski definition) is 1. The standard InChI is InChI=1S/C17H19N5OS/c1-3-21(4-2)10-9-19-15-12(11-18)16-22(17(23)20-15)13-7-5-6-8-14(13)24-16/h5-8H,3-4,9-10H2,1-2H3,(H,19,20,23). The molecule has 0 saturated heterocycles. The van der Waals surface area contributed by atoms with Crippen LogP contribution in [0.4, 0.5) is 5.82 Å². The van der Waals surface area contributed by atoms with Crippen LogP contribution in [-0.4, -0.2) is 40.5 Å². The molecule has 0 unspecified atom stereocenters. The third-order valence-corrected chi connectivity index (χ3v) is 5.24. The molecule has 2 heterocycles. The van der Waals surface area contributed by atoms with Gasteiger partial charge >= 0.3 is 5.69 Å². The lowest BCUT2D eigenvalue weighted by molar-refractivity contribution is 0.316. The van der Waals surface area contributed by atoms with E-state index in [4.69, 9.17) is 0 Å². The van der Waals surface area contributed by atoms with E-state index in [1.165, 1.54) is 15.7 Å². The van der Waals surface area contributed by atoms with Crippen molar-refractivity contribution in [2.45, 2.75) is 13.8 Å². The zero-order chi connectivity index (χ0) is 17.1. The second-order valence-corrected chi connectivity index (χ2v) is 6.42. The SMILES string of the molecule is CCN(CC)CCNc1nc(=O)n2c(sc3ccccc32)c1C#N. The van der Waals surface area contributed by atoms with E-state index >= 15 is 0 Å². The number of hydrogen-bond acceptors (Lipinski definition) is 6. The largest absolute Gasteiger partial charge is 0.367 e. The Morgan fingerprint density at radius 3 is 2.79 bits per heavy atom. The average molecular weight is 341 g/mol. The van der Waals surface area contributed by atoms with Crippen LogP contribution in [0.1, 0.15) is 19.4 Å². The van der Waals surface area contributed by atoms with Gasteiger partial charge in [-0.05, 0) is 25.2 Å². The predicted molar refractivity (Wildman–Crippen MR) is 97.8 cm³/mol. The number of fused-ring (bicyclic) bond motifs is 3. The molecule has 3 rings (SSSR count). The molecule has 1 aromatic carbocycles. The summed E-state index contributed by atoms with van der Waals surface area (Å²) in [7, 11) is 0. The molecule has 0 saturated carbocycles. The van der Waals surface area contributed by atoms with Crippen LogP contribution in [0, 0.1) is 11.3 Å². The molecule has 0 spiro atoms. The molecule has 6 nitrogen and oxygen atoms in total. The summed E-state index contributed by atoms with van der Waals surface area (Å²) in [5.74, 6) is 0.376. The number of thiazole rings is 1. The topological polar surface area (TPSA) is 73.4 Å². The molecule has 0 aliphatic rings. The summed E-state index contributed by atoms with van der Waals surface area (Å²) in [6, 6.07) is 9.82. The number of likely N-dealkylation sites (N-methyl/N-ethyl adjacent to an activating group) is 1. The molecule has 0 aliphatic heterocycles. The highest BCUT2D eigenvalue weighted by molar-refractivity contribution is 7.24. The van der Waals surface area contributed by atoms with Crippen LogP contribution in [0.3, 0.4) is 0 Å². The molecular formula is C17H19N5OS. The van der Waals surface area contributed by atoms with Crippen molar-refractivity contribution >= 4 is 32.2 Å². The number of para-hydroxylation sites is 1. The Hall–Kier alpha value is -2.43. The van der Waals surface area contributed by atoms with Crippen LogP contribution in [0.5, 0.6) is 0 Å².